The second kappa shape index (κ2) is 6.71. The van der Waals surface area contributed by atoms with Crippen LogP contribution in [0.4, 0.5) is 9.18 Å². The normalized spacial score (nSPS) is 22.4. The monoisotopic (exact) mass is 337 g/mol. The zero-order valence-corrected chi connectivity index (χ0v) is 15.2. The van der Waals surface area contributed by atoms with Crippen LogP contribution in [0.2, 0.25) is 0 Å². The molecule has 2 rings (SSSR count). The van der Waals surface area contributed by atoms with Gasteiger partial charge in [0.15, 0.2) is 0 Å². The van der Waals surface area contributed by atoms with Gasteiger partial charge >= 0.3 is 6.09 Å². The Bertz CT molecular complexity index is 572. The van der Waals surface area contributed by atoms with Crippen LogP contribution in [0.15, 0.2) is 24.3 Å². The molecular formula is C19H28FNO3. The van der Waals surface area contributed by atoms with Crippen LogP contribution in [0.5, 0.6) is 0 Å². The van der Waals surface area contributed by atoms with E-state index in [-0.39, 0.29) is 23.9 Å². The number of hydrogen-bond acceptors (Lipinski definition) is 3. The zero-order chi connectivity index (χ0) is 18.1. The van der Waals surface area contributed by atoms with E-state index in [4.69, 9.17) is 4.74 Å². The maximum atomic E-state index is 13.3. The number of likely N-dealkylation sites (tertiary alicyclic amines) is 1. The molecule has 2 atom stereocenters. The van der Waals surface area contributed by atoms with Crippen LogP contribution >= 0.6 is 0 Å². The number of aliphatic hydroxyl groups is 1. The van der Waals surface area contributed by atoms with Crippen molar-refractivity contribution in [1.82, 2.24) is 4.90 Å². The molecule has 0 spiro atoms. The Balaban J connectivity index is 2.28. The van der Waals surface area contributed by atoms with Crippen LogP contribution in [0, 0.1) is 11.7 Å². The number of piperidine rings is 1. The summed E-state index contributed by atoms with van der Waals surface area (Å²) in [7, 11) is 0. The molecule has 0 unspecified atom stereocenters. The van der Waals surface area contributed by atoms with E-state index in [1.165, 1.54) is 12.1 Å². The van der Waals surface area contributed by atoms with Gasteiger partial charge in [-0.3, -0.25) is 0 Å². The number of carbonyl (C=O) groups is 1. The van der Waals surface area contributed by atoms with Gasteiger partial charge in [0, 0.05) is 6.54 Å². The van der Waals surface area contributed by atoms with Crippen molar-refractivity contribution < 1.29 is 19.0 Å². The van der Waals surface area contributed by atoms with Crippen molar-refractivity contribution in [2.75, 3.05) is 6.54 Å². The van der Waals surface area contributed by atoms with Gasteiger partial charge < -0.3 is 14.7 Å². The molecule has 0 radical (unpaired) electrons. The molecule has 1 aromatic rings. The summed E-state index contributed by atoms with van der Waals surface area (Å²) in [5.74, 6) is -0.247. The third kappa shape index (κ3) is 4.69. The lowest BCUT2D eigenvalue weighted by Gasteiger charge is -2.43. The van der Waals surface area contributed by atoms with Gasteiger partial charge in [0.1, 0.15) is 11.4 Å². The summed E-state index contributed by atoms with van der Waals surface area (Å²) in [5, 5.41) is 10.4. The molecule has 1 fully saturated rings. The maximum absolute atomic E-state index is 13.3. The first-order valence-electron chi connectivity index (χ1n) is 8.45. The van der Waals surface area contributed by atoms with Crippen molar-refractivity contribution >= 4 is 6.09 Å². The molecule has 1 aliphatic rings. The van der Waals surface area contributed by atoms with Crippen molar-refractivity contribution in [3.8, 4) is 0 Å². The number of nitrogens with zero attached hydrogens (tertiary/aromatic N) is 1. The summed E-state index contributed by atoms with van der Waals surface area (Å²) < 4.78 is 18.8. The Morgan fingerprint density at radius 3 is 2.29 bits per heavy atom. The second-order valence-corrected chi connectivity index (χ2v) is 8.12. The molecule has 1 saturated heterocycles. The maximum Gasteiger partial charge on any atom is 0.410 e. The van der Waals surface area contributed by atoms with Gasteiger partial charge in [0.25, 0.3) is 0 Å². The number of benzene rings is 1. The van der Waals surface area contributed by atoms with Crippen molar-refractivity contribution in [1.29, 1.82) is 0 Å². The highest BCUT2D eigenvalue weighted by atomic mass is 19.1. The number of amides is 1. The topological polar surface area (TPSA) is 49.8 Å². The van der Waals surface area contributed by atoms with E-state index < -0.39 is 11.2 Å². The molecule has 5 heteroatoms. The lowest BCUT2D eigenvalue weighted by molar-refractivity contribution is -0.0398. The standard InChI is InChI=1S/C19H28FNO3/c1-18(2,3)24-17(22)21-11-10-14(19(4,5)23)12-16(21)13-6-8-15(20)9-7-13/h6-9,14,16,23H,10-12H2,1-5H3/t14-,16-/m1/s1. The van der Waals surface area contributed by atoms with Crippen LogP contribution in [0.3, 0.4) is 0 Å². The summed E-state index contributed by atoms with van der Waals surface area (Å²) in [6.07, 6.45) is 0.959. The minimum absolute atomic E-state index is 0.0613. The first-order chi connectivity index (χ1) is 11.0. The predicted octanol–water partition coefficient (Wildman–Crippen LogP) is 4.28. The van der Waals surface area contributed by atoms with E-state index in [1.54, 1.807) is 30.9 Å². The van der Waals surface area contributed by atoms with Gasteiger partial charge in [-0.2, -0.15) is 0 Å². The minimum atomic E-state index is -0.821. The molecular weight excluding hydrogens is 309 g/mol. The highest BCUT2D eigenvalue weighted by molar-refractivity contribution is 5.69. The Labute approximate surface area is 143 Å². The third-order valence-electron chi connectivity index (χ3n) is 4.48. The second-order valence-electron chi connectivity index (χ2n) is 8.12. The van der Waals surface area contributed by atoms with Crippen LogP contribution < -0.4 is 0 Å². The number of hydrogen-bond donors (Lipinski definition) is 1. The number of carbonyl (C=O) groups excluding carboxylic acids is 1. The molecule has 1 aromatic carbocycles. The summed E-state index contributed by atoms with van der Waals surface area (Å²) in [6, 6.07) is 5.96. The molecule has 0 aromatic heterocycles. The summed E-state index contributed by atoms with van der Waals surface area (Å²) in [6.45, 7) is 9.60. The van der Waals surface area contributed by atoms with Gasteiger partial charge in [-0.15, -0.1) is 0 Å². The molecule has 4 nitrogen and oxygen atoms in total. The molecule has 0 saturated carbocycles. The summed E-state index contributed by atoms with van der Waals surface area (Å²) in [4.78, 5) is 14.3. The van der Waals surface area contributed by atoms with E-state index in [0.29, 0.717) is 19.4 Å². The Morgan fingerprint density at radius 2 is 1.79 bits per heavy atom. The number of rotatable bonds is 2. The highest BCUT2D eigenvalue weighted by Crippen LogP contribution is 2.39. The van der Waals surface area contributed by atoms with E-state index in [9.17, 15) is 14.3 Å². The fourth-order valence-electron chi connectivity index (χ4n) is 3.15. The van der Waals surface area contributed by atoms with Gasteiger partial charge in [-0.1, -0.05) is 12.1 Å². The molecule has 24 heavy (non-hydrogen) atoms. The van der Waals surface area contributed by atoms with E-state index >= 15 is 0 Å². The lowest BCUT2D eigenvalue weighted by atomic mass is 9.78. The predicted molar refractivity (Wildman–Crippen MR) is 91.1 cm³/mol. The minimum Gasteiger partial charge on any atom is -0.444 e. The van der Waals surface area contributed by atoms with E-state index in [1.807, 2.05) is 20.8 Å². The number of halogens is 1. The average molecular weight is 337 g/mol. The van der Waals surface area contributed by atoms with Crippen LogP contribution in [-0.4, -0.2) is 33.8 Å². The number of ether oxygens (including phenoxy) is 1. The first-order valence-corrected chi connectivity index (χ1v) is 8.45. The van der Waals surface area contributed by atoms with Crippen LogP contribution in [0.25, 0.3) is 0 Å². The largest absolute Gasteiger partial charge is 0.444 e. The summed E-state index contributed by atoms with van der Waals surface area (Å²) >= 11 is 0. The van der Waals surface area contributed by atoms with E-state index in [2.05, 4.69) is 0 Å². The highest BCUT2D eigenvalue weighted by Gasteiger charge is 2.39. The Kier molecular flexibility index (Phi) is 5.23. The first kappa shape index (κ1) is 18.7. The quantitative estimate of drug-likeness (QED) is 0.876. The Hall–Kier alpha value is -1.62. The molecule has 1 heterocycles. The SMILES string of the molecule is CC(C)(C)OC(=O)N1CC[C@@H](C(C)(C)O)C[C@@H]1c1ccc(F)cc1. The van der Waals surface area contributed by atoms with Gasteiger partial charge in [0.05, 0.1) is 11.6 Å². The van der Waals surface area contributed by atoms with Crippen molar-refractivity contribution in [3.63, 3.8) is 0 Å². The Morgan fingerprint density at radius 1 is 1.21 bits per heavy atom. The fraction of sp³-hybridized carbons (Fsp3) is 0.632. The summed E-state index contributed by atoms with van der Waals surface area (Å²) in [5.41, 5.74) is -0.535. The van der Waals surface area contributed by atoms with Gasteiger partial charge in [0.2, 0.25) is 0 Å². The van der Waals surface area contributed by atoms with Crippen molar-refractivity contribution in [3.05, 3.63) is 35.6 Å². The molecule has 1 N–H and O–H groups in total. The lowest BCUT2D eigenvalue weighted by Crippen LogP contribution is -2.47. The van der Waals surface area contributed by atoms with E-state index in [0.717, 1.165) is 5.56 Å². The molecule has 1 amide bonds. The van der Waals surface area contributed by atoms with Crippen molar-refractivity contribution in [2.45, 2.75) is 64.7 Å². The van der Waals surface area contributed by atoms with Crippen LogP contribution in [0.1, 0.15) is 59.1 Å². The average Bonchev–Trinajstić information content (AvgIpc) is 2.44. The van der Waals surface area contributed by atoms with Crippen molar-refractivity contribution in [2.24, 2.45) is 5.92 Å². The van der Waals surface area contributed by atoms with Gasteiger partial charge in [-0.25, -0.2) is 9.18 Å². The van der Waals surface area contributed by atoms with Gasteiger partial charge in [-0.05, 0) is 71.1 Å². The molecule has 134 valence electrons. The smallest absolute Gasteiger partial charge is 0.410 e. The zero-order valence-electron chi connectivity index (χ0n) is 15.2. The molecule has 0 aliphatic carbocycles. The van der Waals surface area contributed by atoms with Crippen LogP contribution in [-0.2, 0) is 4.74 Å². The third-order valence-corrected chi connectivity index (χ3v) is 4.48. The fourth-order valence-corrected chi connectivity index (χ4v) is 3.15. The molecule has 1 aliphatic heterocycles. The molecule has 0 bridgehead atoms.